The summed E-state index contributed by atoms with van der Waals surface area (Å²) in [6.45, 7) is 3.92. The molecule has 0 unspecified atom stereocenters. The Morgan fingerprint density at radius 3 is 2.38 bits per heavy atom. The van der Waals surface area contributed by atoms with Gasteiger partial charge in [0.15, 0.2) is 5.82 Å². The van der Waals surface area contributed by atoms with E-state index in [0.29, 0.717) is 39.1 Å². The smallest absolute Gasteiger partial charge is 0.243 e. The molecule has 9 heteroatoms. The van der Waals surface area contributed by atoms with Gasteiger partial charge in [0, 0.05) is 50.9 Å². The van der Waals surface area contributed by atoms with Crippen LogP contribution in [0.25, 0.3) is 22.0 Å². The highest BCUT2D eigenvalue weighted by atomic mass is 32.2. The Bertz CT molecular complexity index is 1590. The first-order chi connectivity index (χ1) is 17.9. The first-order valence-electron chi connectivity index (χ1n) is 12.4. The normalized spacial score (nSPS) is 16.2. The van der Waals surface area contributed by atoms with Gasteiger partial charge in [0.25, 0.3) is 0 Å². The van der Waals surface area contributed by atoms with Crippen molar-refractivity contribution in [1.82, 2.24) is 14.5 Å². The molecule has 1 fully saturated rings. The van der Waals surface area contributed by atoms with E-state index in [9.17, 15) is 13.2 Å². The van der Waals surface area contributed by atoms with E-state index in [-0.39, 0.29) is 10.8 Å². The van der Waals surface area contributed by atoms with E-state index in [1.54, 1.807) is 23.1 Å². The molecule has 1 saturated heterocycles. The molecule has 3 heterocycles. The molecule has 0 radical (unpaired) electrons. The van der Waals surface area contributed by atoms with E-state index in [1.807, 2.05) is 36.4 Å². The molecule has 0 atom stereocenters. The lowest BCUT2D eigenvalue weighted by Gasteiger charge is -2.34. The van der Waals surface area contributed by atoms with Crippen LogP contribution >= 0.6 is 0 Å². The van der Waals surface area contributed by atoms with Crippen LogP contribution < -0.4 is 9.80 Å². The highest BCUT2D eigenvalue weighted by Gasteiger charge is 2.31. The summed E-state index contributed by atoms with van der Waals surface area (Å²) in [4.78, 5) is 15.9. The first-order valence-corrected chi connectivity index (χ1v) is 13.8. The summed E-state index contributed by atoms with van der Waals surface area (Å²) < 4.78 is 28.2. The molecule has 6 rings (SSSR count). The summed E-state index contributed by atoms with van der Waals surface area (Å²) in [5.74, 6) is 0.710. The lowest BCUT2D eigenvalue weighted by atomic mass is 10.0. The van der Waals surface area contributed by atoms with Gasteiger partial charge in [-0.25, -0.2) is 8.42 Å². The van der Waals surface area contributed by atoms with Gasteiger partial charge in [0.2, 0.25) is 15.9 Å². The Morgan fingerprint density at radius 1 is 0.838 bits per heavy atom. The number of amides is 1. The van der Waals surface area contributed by atoms with Gasteiger partial charge in [-0.3, -0.25) is 4.79 Å². The average Bonchev–Trinajstić information content (AvgIpc) is 3.37. The van der Waals surface area contributed by atoms with Gasteiger partial charge < -0.3 is 9.80 Å². The molecule has 0 bridgehead atoms. The van der Waals surface area contributed by atoms with Crippen molar-refractivity contribution in [2.24, 2.45) is 0 Å². The maximum absolute atomic E-state index is 13.4. The quantitative estimate of drug-likeness (QED) is 0.414. The number of aromatic nitrogens is 2. The maximum Gasteiger partial charge on any atom is 0.243 e. The van der Waals surface area contributed by atoms with Crippen molar-refractivity contribution in [2.45, 2.75) is 18.2 Å². The average molecular weight is 514 g/mol. The van der Waals surface area contributed by atoms with Crippen LogP contribution in [0.4, 0.5) is 11.5 Å². The van der Waals surface area contributed by atoms with E-state index in [0.717, 1.165) is 39.1 Å². The van der Waals surface area contributed by atoms with Gasteiger partial charge in [-0.1, -0.05) is 42.5 Å². The Kier molecular flexibility index (Phi) is 5.89. The lowest BCUT2D eigenvalue weighted by Crippen LogP contribution is -2.49. The topological polar surface area (TPSA) is 86.7 Å². The molecule has 1 aromatic heterocycles. The number of carbonyl (C=O) groups is 1. The van der Waals surface area contributed by atoms with E-state index in [1.165, 1.54) is 11.2 Å². The number of hydrogen-bond acceptors (Lipinski definition) is 6. The van der Waals surface area contributed by atoms with Crippen LogP contribution in [-0.2, 0) is 21.2 Å². The van der Waals surface area contributed by atoms with Gasteiger partial charge in [0.1, 0.15) is 0 Å². The zero-order chi connectivity index (χ0) is 25.6. The molecule has 37 heavy (non-hydrogen) atoms. The molecule has 0 spiro atoms. The van der Waals surface area contributed by atoms with Crippen LogP contribution in [0.15, 0.2) is 77.7 Å². The molecule has 0 saturated carbocycles. The summed E-state index contributed by atoms with van der Waals surface area (Å²) >= 11 is 0. The van der Waals surface area contributed by atoms with Crippen LogP contribution in [-0.4, -0.2) is 61.6 Å². The minimum absolute atomic E-state index is 0.0290. The SMILES string of the molecule is CC(=O)N1CCc2cc(S(=O)(=O)N3CCN(c4ccc(-c5cccc6ccccc56)nn4)CC3)ccc21. The number of anilines is 2. The van der Waals surface area contributed by atoms with Crippen molar-refractivity contribution < 1.29 is 13.2 Å². The van der Waals surface area contributed by atoms with Gasteiger partial charge >= 0.3 is 0 Å². The summed E-state index contributed by atoms with van der Waals surface area (Å²) in [5.41, 5.74) is 3.55. The first kappa shape index (κ1) is 23.6. The van der Waals surface area contributed by atoms with Crippen molar-refractivity contribution in [3.63, 3.8) is 0 Å². The molecule has 0 N–H and O–H groups in total. The molecule has 188 valence electrons. The number of rotatable bonds is 4. The molecule has 0 aliphatic carbocycles. The fourth-order valence-corrected chi connectivity index (χ4v) is 6.73. The van der Waals surface area contributed by atoms with Crippen LogP contribution in [0.3, 0.4) is 0 Å². The van der Waals surface area contributed by atoms with E-state index in [4.69, 9.17) is 0 Å². The van der Waals surface area contributed by atoms with Gasteiger partial charge in [-0.15, -0.1) is 10.2 Å². The van der Waals surface area contributed by atoms with Gasteiger partial charge in [0.05, 0.1) is 10.6 Å². The molecular weight excluding hydrogens is 486 g/mol. The molecule has 2 aliphatic heterocycles. The zero-order valence-corrected chi connectivity index (χ0v) is 21.4. The number of fused-ring (bicyclic) bond motifs is 2. The summed E-state index contributed by atoms with van der Waals surface area (Å²) in [6, 6.07) is 23.4. The Morgan fingerprint density at radius 2 is 1.62 bits per heavy atom. The second kappa shape index (κ2) is 9.24. The Balaban J connectivity index is 1.15. The second-order valence-electron chi connectivity index (χ2n) is 9.41. The molecule has 8 nitrogen and oxygen atoms in total. The number of carbonyl (C=O) groups excluding carboxylic acids is 1. The van der Waals surface area contributed by atoms with Crippen LogP contribution in [0.1, 0.15) is 12.5 Å². The predicted molar refractivity (Wildman–Crippen MR) is 144 cm³/mol. The zero-order valence-electron chi connectivity index (χ0n) is 20.5. The third-order valence-electron chi connectivity index (χ3n) is 7.24. The van der Waals surface area contributed by atoms with Crippen LogP contribution in [0, 0.1) is 0 Å². The number of hydrogen-bond donors (Lipinski definition) is 0. The maximum atomic E-state index is 13.4. The van der Waals surface area contributed by atoms with E-state index < -0.39 is 10.0 Å². The number of benzene rings is 3. The van der Waals surface area contributed by atoms with E-state index in [2.05, 4.69) is 33.3 Å². The highest BCUT2D eigenvalue weighted by molar-refractivity contribution is 7.89. The fraction of sp³-hybridized carbons (Fsp3) is 0.250. The lowest BCUT2D eigenvalue weighted by molar-refractivity contribution is -0.116. The predicted octanol–water partition coefficient (Wildman–Crippen LogP) is 3.72. The third-order valence-corrected chi connectivity index (χ3v) is 9.14. The monoisotopic (exact) mass is 513 g/mol. The van der Waals surface area contributed by atoms with E-state index >= 15 is 0 Å². The molecule has 3 aromatic carbocycles. The van der Waals surface area contributed by atoms with Gasteiger partial charge in [-0.2, -0.15) is 4.31 Å². The number of nitrogens with zero attached hydrogens (tertiary/aromatic N) is 5. The highest BCUT2D eigenvalue weighted by Crippen LogP contribution is 2.32. The third kappa shape index (κ3) is 4.24. The number of sulfonamides is 1. The summed E-state index contributed by atoms with van der Waals surface area (Å²) in [5, 5.41) is 11.2. The standard InChI is InChI=1S/C28H27N5O3S/c1-20(34)33-14-13-22-19-23(9-11-27(22)33)37(35,36)32-17-15-31(16-18-32)28-12-10-26(29-30-28)25-8-4-6-21-5-2-3-7-24(21)25/h2-12,19H,13-18H2,1H3. The van der Waals surface area contributed by atoms with Crippen molar-refractivity contribution in [3.8, 4) is 11.3 Å². The largest absolute Gasteiger partial charge is 0.352 e. The van der Waals surface area contributed by atoms with Crippen molar-refractivity contribution in [1.29, 1.82) is 0 Å². The number of piperazine rings is 1. The molecular formula is C28H27N5O3S. The second-order valence-corrected chi connectivity index (χ2v) is 11.3. The summed E-state index contributed by atoms with van der Waals surface area (Å²) in [6.07, 6.45) is 0.666. The fourth-order valence-electron chi connectivity index (χ4n) is 5.26. The molecule has 4 aromatic rings. The van der Waals surface area contributed by atoms with Crippen molar-refractivity contribution >= 4 is 38.2 Å². The van der Waals surface area contributed by atoms with Crippen LogP contribution in [0.2, 0.25) is 0 Å². The Hall–Kier alpha value is -3.82. The van der Waals surface area contributed by atoms with Crippen molar-refractivity contribution in [2.75, 3.05) is 42.5 Å². The summed E-state index contributed by atoms with van der Waals surface area (Å²) in [7, 11) is -3.62. The van der Waals surface area contributed by atoms with Gasteiger partial charge in [-0.05, 0) is 53.1 Å². The minimum Gasteiger partial charge on any atom is -0.352 e. The minimum atomic E-state index is -3.62. The molecule has 2 aliphatic rings. The van der Waals surface area contributed by atoms with Crippen LogP contribution in [0.5, 0.6) is 0 Å². The molecule has 1 amide bonds. The Labute approximate surface area is 216 Å². The van der Waals surface area contributed by atoms with Crippen molar-refractivity contribution in [3.05, 3.63) is 78.4 Å².